The van der Waals surface area contributed by atoms with Gasteiger partial charge in [0.2, 0.25) is 5.88 Å². The van der Waals surface area contributed by atoms with Crippen molar-refractivity contribution in [1.82, 2.24) is 19.6 Å². The average molecular weight is 463 g/mol. The summed E-state index contributed by atoms with van der Waals surface area (Å²) in [6.07, 6.45) is 3.46. The molecule has 0 N–H and O–H groups in total. The van der Waals surface area contributed by atoms with Crippen LogP contribution in [0, 0.1) is 5.82 Å². The van der Waals surface area contributed by atoms with Crippen molar-refractivity contribution in [2.75, 3.05) is 13.2 Å². The maximum absolute atomic E-state index is 14.8. The zero-order valence-electron chi connectivity index (χ0n) is 17.4. The van der Waals surface area contributed by atoms with E-state index in [2.05, 4.69) is 21.6 Å². The van der Waals surface area contributed by atoms with E-state index in [9.17, 15) is 14.0 Å². The maximum atomic E-state index is 14.8. The fourth-order valence-electron chi connectivity index (χ4n) is 3.02. The zero-order valence-corrected chi connectivity index (χ0v) is 18.1. The summed E-state index contributed by atoms with van der Waals surface area (Å²) in [7, 11) is 0. The van der Waals surface area contributed by atoms with Gasteiger partial charge in [-0.25, -0.2) is 19.0 Å². The highest BCUT2D eigenvalue weighted by Gasteiger charge is 2.52. The van der Waals surface area contributed by atoms with Crippen molar-refractivity contribution in [3.8, 4) is 17.0 Å². The quantitative estimate of drug-likeness (QED) is 0.270. The maximum Gasteiger partial charge on any atom is 0.362 e. The Labute approximate surface area is 187 Å². The van der Waals surface area contributed by atoms with Crippen molar-refractivity contribution in [2.45, 2.75) is 25.9 Å². The Morgan fingerprint density at radius 1 is 1.22 bits per heavy atom. The number of rotatable bonds is 9. The van der Waals surface area contributed by atoms with Gasteiger partial charge in [0.15, 0.2) is 0 Å². The molecule has 0 radical (unpaired) electrons. The number of carbonyl (C=O) groups excluding carboxylic acids is 2. The van der Waals surface area contributed by atoms with Crippen LogP contribution in [0.3, 0.4) is 0 Å². The second kappa shape index (κ2) is 9.73. The lowest BCUT2D eigenvalue weighted by atomic mass is 9.99. The van der Waals surface area contributed by atoms with Crippen LogP contribution in [0.4, 0.5) is 4.39 Å². The van der Waals surface area contributed by atoms with Gasteiger partial charge in [0, 0.05) is 18.2 Å². The van der Waals surface area contributed by atoms with E-state index in [-0.39, 0.29) is 47.4 Å². The van der Waals surface area contributed by atoms with Crippen molar-refractivity contribution < 1.29 is 28.2 Å². The number of carbonyl (C=O) groups is 2. The lowest BCUT2D eigenvalue weighted by Crippen LogP contribution is -2.54. The third kappa shape index (κ3) is 4.13. The molecule has 2 aromatic heterocycles. The fourth-order valence-corrected chi connectivity index (χ4v) is 3.29. The van der Waals surface area contributed by atoms with Crippen LogP contribution in [0.1, 0.15) is 20.3 Å². The van der Waals surface area contributed by atoms with Gasteiger partial charge in [0.1, 0.15) is 12.1 Å². The van der Waals surface area contributed by atoms with Crippen LogP contribution >= 0.6 is 11.6 Å². The van der Waals surface area contributed by atoms with E-state index >= 15 is 0 Å². The molecular weight excluding hydrogens is 443 g/mol. The molecule has 0 aliphatic rings. The van der Waals surface area contributed by atoms with Gasteiger partial charge in [-0.05, 0) is 26.0 Å². The zero-order chi connectivity index (χ0) is 23.3. The van der Waals surface area contributed by atoms with Gasteiger partial charge in [-0.2, -0.15) is 14.6 Å². The number of aromatic nitrogens is 4. The Hall–Kier alpha value is -3.53. The van der Waals surface area contributed by atoms with Gasteiger partial charge in [0.25, 0.3) is 5.78 Å². The smallest absolute Gasteiger partial charge is 0.362 e. The summed E-state index contributed by atoms with van der Waals surface area (Å²) < 4.78 is 32.1. The topological polar surface area (TPSA) is 105 Å². The number of esters is 2. The number of ether oxygens (including phenoxy) is 3. The number of benzene rings is 1. The first-order valence-electron chi connectivity index (χ1n) is 9.67. The predicted molar refractivity (Wildman–Crippen MR) is 113 cm³/mol. The first kappa shape index (κ1) is 23.1. The standard InChI is InChI=1S/C21H20ClFN4O5/c1-4-10-21(18(28)30-5-2,19(29)31-6-3)32-17-13(11-24-20-25-12-26-27(17)20)16-14(22)8-7-9-15(16)23/h4,7-9,11-12H,1,5-6,10H2,2-3H3. The minimum absolute atomic E-state index is 0.0262. The van der Waals surface area contributed by atoms with Gasteiger partial charge in [-0.1, -0.05) is 23.7 Å². The van der Waals surface area contributed by atoms with Gasteiger partial charge in [-0.15, -0.1) is 6.58 Å². The molecule has 0 amide bonds. The van der Waals surface area contributed by atoms with E-state index in [1.807, 2.05) is 0 Å². The molecule has 11 heteroatoms. The van der Waals surface area contributed by atoms with Crippen LogP contribution < -0.4 is 4.74 Å². The molecule has 0 saturated carbocycles. The Bertz CT molecular complexity index is 1130. The molecule has 0 aliphatic carbocycles. The van der Waals surface area contributed by atoms with Crippen molar-refractivity contribution in [2.24, 2.45) is 0 Å². The molecule has 9 nitrogen and oxygen atoms in total. The van der Waals surface area contributed by atoms with Crippen LogP contribution in [-0.4, -0.2) is 50.3 Å². The molecule has 1 aromatic carbocycles. The average Bonchev–Trinajstić information content (AvgIpc) is 3.24. The lowest BCUT2D eigenvalue weighted by Gasteiger charge is -2.29. The molecule has 2 heterocycles. The van der Waals surface area contributed by atoms with Gasteiger partial charge < -0.3 is 14.2 Å². The Balaban J connectivity index is 2.30. The molecule has 168 valence electrons. The fraction of sp³-hybridized carbons (Fsp3) is 0.286. The molecule has 0 fully saturated rings. The summed E-state index contributed by atoms with van der Waals surface area (Å²) >= 11 is 6.25. The lowest BCUT2D eigenvalue weighted by molar-refractivity contribution is -0.179. The monoisotopic (exact) mass is 462 g/mol. The van der Waals surface area contributed by atoms with E-state index in [4.69, 9.17) is 25.8 Å². The van der Waals surface area contributed by atoms with Crippen LogP contribution in [0.2, 0.25) is 5.02 Å². The Morgan fingerprint density at radius 3 is 2.50 bits per heavy atom. The largest absolute Gasteiger partial charge is 0.463 e. The molecule has 0 atom stereocenters. The number of fused-ring (bicyclic) bond motifs is 1. The number of nitrogens with zero attached hydrogens (tertiary/aromatic N) is 4. The number of hydrogen-bond acceptors (Lipinski definition) is 8. The summed E-state index contributed by atoms with van der Waals surface area (Å²) in [5, 5.41) is 4.09. The molecule has 0 spiro atoms. The van der Waals surface area contributed by atoms with Gasteiger partial charge in [0.05, 0.1) is 23.8 Å². The Kier molecular flexibility index (Phi) is 7.04. The molecule has 0 saturated heterocycles. The summed E-state index contributed by atoms with van der Waals surface area (Å²) in [6, 6.07) is 4.11. The Morgan fingerprint density at radius 2 is 1.91 bits per heavy atom. The highest BCUT2D eigenvalue weighted by molar-refractivity contribution is 6.33. The summed E-state index contributed by atoms with van der Waals surface area (Å²) in [6.45, 7) is 6.71. The number of halogens is 2. The highest BCUT2D eigenvalue weighted by atomic mass is 35.5. The van der Waals surface area contributed by atoms with Gasteiger partial charge in [-0.3, -0.25) is 0 Å². The van der Waals surface area contributed by atoms with Crippen LogP contribution in [0.15, 0.2) is 43.4 Å². The minimum atomic E-state index is -2.28. The van der Waals surface area contributed by atoms with Crippen molar-refractivity contribution in [1.29, 1.82) is 0 Å². The first-order valence-corrected chi connectivity index (χ1v) is 10.0. The minimum Gasteiger partial charge on any atom is -0.463 e. The van der Waals surface area contributed by atoms with Crippen LogP contribution in [0.5, 0.6) is 5.88 Å². The molecule has 0 aliphatic heterocycles. The molecular formula is C21H20ClFN4O5. The summed E-state index contributed by atoms with van der Waals surface area (Å²) in [5.41, 5.74) is -2.30. The van der Waals surface area contributed by atoms with Gasteiger partial charge >= 0.3 is 17.5 Å². The van der Waals surface area contributed by atoms with Crippen LogP contribution in [0.25, 0.3) is 16.9 Å². The molecule has 0 bridgehead atoms. The third-order valence-corrected chi connectivity index (χ3v) is 4.72. The number of hydrogen-bond donors (Lipinski definition) is 0. The first-order chi connectivity index (χ1) is 15.4. The van der Waals surface area contributed by atoms with E-state index in [0.29, 0.717) is 0 Å². The van der Waals surface area contributed by atoms with E-state index in [1.54, 1.807) is 13.8 Å². The van der Waals surface area contributed by atoms with E-state index < -0.39 is 23.4 Å². The molecule has 32 heavy (non-hydrogen) atoms. The second-order valence-electron chi connectivity index (χ2n) is 6.41. The van der Waals surface area contributed by atoms with Crippen LogP contribution in [-0.2, 0) is 19.1 Å². The third-order valence-electron chi connectivity index (χ3n) is 4.41. The SMILES string of the molecule is C=CCC(Oc1c(-c2c(F)cccc2Cl)cnc2ncnn12)(C(=O)OCC)C(=O)OCC. The van der Waals surface area contributed by atoms with E-state index in [1.165, 1.54) is 36.8 Å². The predicted octanol–water partition coefficient (Wildman–Crippen LogP) is 3.40. The molecule has 3 rings (SSSR count). The summed E-state index contributed by atoms with van der Waals surface area (Å²) in [4.78, 5) is 34.1. The highest BCUT2D eigenvalue weighted by Crippen LogP contribution is 2.38. The normalized spacial score (nSPS) is 11.2. The summed E-state index contributed by atoms with van der Waals surface area (Å²) in [5.74, 6) is -2.81. The second-order valence-corrected chi connectivity index (χ2v) is 6.82. The van der Waals surface area contributed by atoms with Crippen molar-refractivity contribution in [3.05, 3.63) is 54.2 Å². The molecule has 0 unspecified atom stereocenters. The van der Waals surface area contributed by atoms with Crippen molar-refractivity contribution >= 4 is 29.3 Å². The molecule has 3 aromatic rings. The van der Waals surface area contributed by atoms with Crippen molar-refractivity contribution in [3.63, 3.8) is 0 Å². The van der Waals surface area contributed by atoms with E-state index in [0.717, 1.165) is 4.52 Å².